The molecule has 0 radical (unpaired) electrons. The van der Waals surface area contributed by atoms with Gasteiger partial charge < -0.3 is 4.90 Å². The highest BCUT2D eigenvalue weighted by molar-refractivity contribution is 9.10. The van der Waals surface area contributed by atoms with Crippen molar-refractivity contribution >= 4 is 37.5 Å². The van der Waals surface area contributed by atoms with Crippen LogP contribution in [0.5, 0.6) is 0 Å². The van der Waals surface area contributed by atoms with Crippen molar-refractivity contribution in [2.24, 2.45) is 5.41 Å². The number of halogens is 2. The first kappa shape index (κ1) is 14.0. The van der Waals surface area contributed by atoms with Crippen LogP contribution in [0.2, 0.25) is 0 Å². The van der Waals surface area contributed by atoms with E-state index in [0.717, 1.165) is 11.9 Å². The summed E-state index contributed by atoms with van der Waals surface area (Å²) < 4.78 is 1.17. The summed E-state index contributed by atoms with van der Waals surface area (Å²) in [4.78, 5) is 2.29. The van der Waals surface area contributed by atoms with E-state index in [1.54, 1.807) is 0 Å². The van der Waals surface area contributed by atoms with Crippen LogP contribution in [0.15, 0.2) is 22.7 Å². The van der Waals surface area contributed by atoms with Gasteiger partial charge in [-0.05, 0) is 23.1 Å². The molecule has 0 spiro atoms. The lowest BCUT2D eigenvalue weighted by molar-refractivity contribution is 0.419. The Labute approximate surface area is 115 Å². The lowest BCUT2D eigenvalue weighted by atomic mass is 9.96. The van der Waals surface area contributed by atoms with Crippen LogP contribution < -0.4 is 4.90 Å². The number of anilines is 1. The van der Waals surface area contributed by atoms with Gasteiger partial charge in [0.25, 0.3) is 0 Å². The van der Waals surface area contributed by atoms with Gasteiger partial charge in [0.05, 0.1) is 0 Å². The molecule has 0 amide bonds. The van der Waals surface area contributed by atoms with Gasteiger partial charge in [0.2, 0.25) is 0 Å². The monoisotopic (exact) mass is 347 g/mol. The fourth-order valence-electron chi connectivity index (χ4n) is 1.68. The maximum atomic E-state index is 3.60. The molecule has 16 heavy (non-hydrogen) atoms. The van der Waals surface area contributed by atoms with Gasteiger partial charge in [-0.3, -0.25) is 0 Å². The molecular formula is C13H19Br2N. The van der Waals surface area contributed by atoms with Gasteiger partial charge in [-0.25, -0.2) is 0 Å². The average Bonchev–Trinajstić information content (AvgIpc) is 2.15. The van der Waals surface area contributed by atoms with Crippen LogP contribution in [-0.4, -0.2) is 13.6 Å². The molecule has 1 aromatic rings. The third-order valence-electron chi connectivity index (χ3n) is 2.33. The zero-order chi connectivity index (χ0) is 12.3. The van der Waals surface area contributed by atoms with Crippen molar-refractivity contribution in [1.82, 2.24) is 0 Å². The molecule has 0 N–H and O–H groups in total. The largest absolute Gasteiger partial charge is 0.374 e. The van der Waals surface area contributed by atoms with Crippen LogP contribution in [0.1, 0.15) is 26.3 Å². The first-order chi connectivity index (χ1) is 7.33. The fraction of sp³-hybridized carbons (Fsp3) is 0.538. The van der Waals surface area contributed by atoms with Gasteiger partial charge in [-0.1, -0.05) is 58.7 Å². The summed E-state index contributed by atoms with van der Waals surface area (Å²) in [5.74, 6) is 0. The number of hydrogen-bond acceptors (Lipinski definition) is 1. The second-order valence-corrected chi connectivity index (χ2v) is 6.74. The Kier molecular flexibility index (Phi) is 4.87. The molecule has 90 valence electrons. The predicted molar refractivity (Wildman–Crippen MR) is 79.5 cm³/mol. The van der Waals surface area contributed by atoms with Crippen molar-refractivity contribution < 1.29 is 0 Å². The molecule has 0 bridgehead atoms. The zero-order valence-electron chi connectivity index (χ0n) is 10.3. The minimum atomic E-state index is 0.315. The molecule has 0 atom stereocenters. The molecule has 0 heterocycles. The Morgan fingerprint density at radius 2 is 1.88 bits per heavy atom. The Hall–Kier alpha value is -0.0200. The molecule has 0 aliphatic heterocycles. The molecule has 0 saturated carbocycles. The minimum Gasteiger partial charge on any atom is -0.374 e. The average molecular weight is 349 g/mol. The smallest absolute Gasteiger partial charge is 0.0375 e. The quantitative estimate of drug-likeness (QED) is 0.707. The molecule has 1 aromatic carbocycles. The molecule has 0 aliphatic rings. The van der Waals surface area contributed by atoms with E-state index in [1.165, 1.54) is 15.7 Å². The summed E-state index contributed by atoms with van der Waals surface area (Å²) in [5, 5.41) is 0.886. The minimum absolute atomic E-state index is 0.315. The second-order valence-electron chi connectivity index (χ2n) is 5.33. The lowest BCUT2D eigenvalue weighted by Crippen LogP contribution is -2.29. The first-order valence-electron chi connectivity index (χ1n) is 5.39. The highest BCUT2D eigenvalue weighted by Gasteiger charge is 2.14. The Morgan fingerprint density at radius 1 is 1.25 bits per heavy atom. The predicted octanol–water partition coefficient (Wildman–Crippen LogP) is 4.83. The molecule has 1 nitrogen and oxygen atoms in total. The highest BCUT2D eigenvalue weighted by Crippen LogP contribution is 2.27. The summed E-state index contributed by atoms with van der Waals surface area (Å²) in [6.07, 6.45) is 0. The Morgan fingerprint density at radius 3 is 2.31 bits per heavy atom. The van der Waals surface area contributed by atoms with Crippen LogP contribution >= 0.6 is 31.9 Å². The van der Waals surface area contributed by atoms with E-state index in [9.17, 15) is 0 Å². The third kappa shape index (κ3) is 4.10. The van der Waals surface area contributed by atoms with E-state index in [2.05, 4.69) is 82.8 Å². The van der Waals surface area contributed by atoms with E-state index in [-0.39, 0.29) is 0 Å². The highest BCUT2D eigenvalue weighted by atomic mass is 79.9. The second kappa shape index (κ2) is 5.54. The van der Waals surface area contributed by atoms with Gasteiger partial charge in [0.15, 0.2) is 0 Å². The topological polar surface area (TPSA) is 3.24 Å². The van der Waals surface area contributed by atoms with Gasteiger partial charge in [-0.15, -0.1) is 0 Å². The van der Waals surface area contributed by atoms with Crippen molar-refractivity contribution in [3.8, 4) is 0 Å². The van der Waals surface area contributed by atoms with Crippen LogP contribution in [0.4, 0.5) is 5.69 Å². The number of hydrogen-bond donors (Lipinski definition) is 0. The van der Waals surface area contributed by atoms with Crippen LogP contribution in [0.3, 0.4) is 0 Å². The number of alkyl halides is 1. The van der Waals surface area contributed by atoms with Crippen molar-refractivity contribution in [3.05, 3.63) is 28.2 Å². The van der Waals surface area contributed by atoms with E-state index in [1.807, 2.05) is 0 Å². The summed E-state index contributed by atoms with van der Waals surface area (Å²) in [5.41, 5.74) is 2.86. The molecule has 0 fully saturated rings. The SMILES string of the molecule is CN(CC(C)(C)C)c1ccc(CBr)c(Br)c1. The lowest BCUT2D eigenvalue weighted by Gasteiger charge is -2.28. The Balaban J connectivity index is 2.85. The maximum absolute atomic E-state index is 3.60. The fourth-order valence-corrected chi connectivity index (χ4v) is 3.06. The van der Waals surface area contributed by atoms with Crippen LogP contribution in [-0.2, 0) is 5.33 Å². The van der Waals surface area contributed by atoms with Gasteiger partial charge in [-0.2, -0.15) is 0 Å². The van der Waals surface area contributed by atoms with Gasteiger partial charge >= 0.3 is 0 Å². The summed E-state index contributed by atoms with van der Waals surface area (Å²) in [7, 11) is 2.14. The molecular weight excluding hydrogens is 330 g/mol. The summed E-state index contributed by atoms with van der Waals surface area (Å²) >= 11 is 7.07. The first-order valence-corrected chi connectivity index (χ1v) is 7.30. The van der Waals surface area contributed by atoms with Crippen molar-refractivity contribution in [3.63, 3.8) is 0 Å². The molecule has 0 unspecified atom stereocenters. The molecule has 1 rings (SSSR count). The van der Waals surface area contributed by atoms with E-state index in [0.29, 0.717) is 5.41 Å². The summed E-state index contributed by atoms with van der Waals surface area (Å²) in [6.45, 7) is 7.81. The standard InChI is InChI=1S/C13H19Br2N/c1-13(2,3)9-16(4)11-6-5-10(8-14)12(15)7-11/h5-7H,8-9H2,1-4H3. The van der Waals surface area contributed by atoms with E-state index >= 15 is 0 Å². The van der Waals surface area contributed by atoms with Gasteiger partial charge in [0.1, 0.15) is 0 Å². The van der Waals surface area contributed by atoms with E-state index < -0.39 is 0 Å². The van der Waals surface area contributed by atoms with Crippen molar-refractivity contribution in [2.45, 2.75) is 26.1 Å². The molecule has 0 aromatic heterocycles. The third-order valence-corrected chi connectivity index (χ3v) is 3.68. The van der Waals surface area contributed by atoms with Crippen LogP contribution in [0.25, 0.3) is 0 Å². The Bertz CT molecular complexity index is 355. The van der Waals surface area contributed by atoms with Crippen molar-refractivity contribution in [2.75, 3.05) is 18.5 Å². The van der Waals surface area contributed by atoms with E-state index in [4.69, 9.17) is 0 Å². The number of nitrogens with zero attached hydrogens (tertiary/aromatic N) is 1. The maximum Gasteiger partial charge on any atom is 0.0375 e. The molecule has 0 aliphatic carbocycles. The molecule has 0 saturated heterocycles. The molecule has 3 heteroatoms. The zero-order valence-corrected chi connectivity index (χ0v) is 13.5. The van der Waals surface area contributed by atoms with Crippen molar-refractivity contribution in [1.29, 1.82) is 0 Å². The normalized spacial score (nSPS) is 11.6. The van der Waals surface area contributed by atoms with Crippen LogP contribution in [0, 0.1) is 5.41 Å². The summed E-state index contributed by atoms with van der Waals surface area (Å²) in [6, 6.07) is 6.52. The number of rotatable bonds is 3. The number of benzene rings is 1. The van der Waals surface area contributed by atoms with Gasteiger partial charge in [0, 0.05) is 29.1 Å².